The van der Waals surface area contributed by atoms with E-state index in [0.717, 1.165) is 0 Å². The fourth-order valence-electron chi connectivity index (χ4n) is 2.29. The third kappa shape index (κ3) is 3.95. The second-order valence-electron chi connectivity index (χ2n) is 5.46. The van der Waals surface area contributed by atoms with Crippen molar-refractivity contribution in [2.24, 2.45) is 0 Å². The summed E-state index contributed by atoms with van der Waals surface area (Å²) in [7, 11) is 0. The maximum atomic E-state index is 12.9. The van der Waals surface area contributed by atoms with E-state index in [1.54, 1.807) is 6.92 Å². The Labute approximate surface area is 139 Å². The molecule has 1 heterocycles. The molecule has 1 aliphatic rings. The number of amides is 1. The van der Waals surface area contributed by atoms with Crippen LogP contribution >= 0.6 is 0 Å². The second kappa shape index (κ2) is 7.21. The molecular formula is C18H18FNO4. The Kier molecular flexibility index (Phi) is 4.84. The standard InChI is InChI=1S/C18H18FNO4/c1-12(23-14-8-6-13(19)7-9-14)18(21)20-10-15-11-22-16-4-2-3-5-17(16)24-15/h2-9,12,15H,10-11H2,1H3,(H,20,21)/t12-,15+/m1/s1. The largest absolute Gasteiger partial charge is 0.486 e. The highest BCUT2D eigenvalue weighted by Crippen LogP contribution is 2.30. The first kappa shape index (κ1) is 16.1. The number of nitrogens with one attached hydrogen (secondary N) is 1. The summed E-state index contributed by atoms with van der Waals surface area (Å²) in [6.07, 6.45) is -0.964. The quantitative estimate of drug-likeness (QED) is 0.915. The molecule has 0 unspecified atom stereocenters. The Morgan fingerprint density at radius 1 is 1.25 bits per heavy atom. The van der Waals surface area contributed by atoms with E-state index in [4.69, 9.17) is 14.2 Å². The number of hydrogen-bond donors (Lipinski definition) is 1. The van der Waals surface area contributed by atoms with Gasteiger partial charge in [-0.1, -0.05) is 12.1 Å². The van der Waals surface area contributed by atoms with Crippen LogP contribution in [0.3, 0.4) is 0 Å². The van der Waals surface area contributed by atoms with Gasteiger partial charge in [-0.25, -0.2) is 4.39 Å². The number of fused-ring (bicyclic) bond motifs is 1. The number of carbonyl (C=O) groups is 1. The van der Waals surface area contributed by atoms with Gasteiger partial charge in [0, 0.05) is 0 Å². The summed E-state index contributed by atoms with van der Waals surface area (Å²) in [4.78, 5) is 12.1. The van der Waals surface area contributed by atoms with Crippen molar-refractivity contribution in [1.82, 2.24) is 5.32 Å². The molecule has 1 N–H and O–H groups in total. The summed E-state index contributed by atoms with van der Waals surface area (Å²) < 4.78 is 29.7. The number of para-hydroxylation sites is 2. The summed E-state index contributed by atoms with van der Waals surface area (Å²) >= 11 is 0. The predicted molar refractivity (Wildman–Crippen MR) is 85.9 cm³/mol. The second-order valence-corrected chi connectivity index (χ2v) is 5.46. The lowest BCUT2D eigenvalue weighted by atomic mass is 10.2. The molecule has 2 atom stereocenters. The fourth-order valence-corrected chi connectivity index (χ4v) is 2.29. The van der Waals surface area contributed by atoms with E-state index in [0.29, 0.717) is 30.4 Å². The molecule has 0 aliphatic carbocycles. The highest BCUT2D eigenvalue weighted by Gasteiger charge is 2.22. The zero-order valence-corrected chi connectivity index (χ0v) is 13.2. The first-order chi connectivity index (χ1) is 11.6. The Morgan fingerprint density at radius 2 is 1.96 bits per heavy atom. The lowest BCUT2D eigenvalue weighted by Crippen LogP contribution is -2.44. The normalized spacial score (nSPS) is 17.0. The van der Waals surface area contributed by atoms with Crippen LogP contribution in [0.25, 0.3) is 0 Å². The van der Waals surface area contributed by atoms with Crippen LogP contribution in [0, 0.1) is 5.82 Å². The van der Waals surface area contributed by atoms with Crippen LogP contribution in [0.15, 0.2) is 48.5 Å². The zero-order valence-electron chi connectivity index (χ0n) is 13.2. The van der Waals surface area contributed by atoms with E-state index < -0.39 is 6.10 Å². The summed E-state index contributed by atoms with van der Waals surface area (Å²) in [6.45, 7) is 2.31. The number of carbonyl (C=O) groups excluding carboxylic acids is 1. The van der Waals surface area contributed by atoms with Crippen LogP contribution in [0.4, 0.5) is 4.39 Å². The smallest absolute Gasteiger partial charge is 0.260 e. The van der Waals surface area contributed by atoms with Gasteiger partial charge in [-0.2, -0.15) is 0 Å². The van der Waals surface area contributed by atoms with Crippen molar-refractivity contribution >= 4 is 5.91 Å². The number of benzene rings is 2. The molecule has 0 bridgehead atoms. The summed E-state index contributed by atoms with van der Waals surface area (Å²) in [6, 6.07) is 12.9. The Hall–Kier alpha value is -2.76. The molecule has 5 nitrogen and oxygen atoms in total. The van der Waals surface area contributed by atoms with Crippen molar-refractivity contribution in [2.45, 2.75) is 19.1 Å². The van der Waals surface area contributed by atoms with Crippen molar-refractivity contribution in [3.05, 3.63) is 54.3 Å². The van der Waals surface area contributed by atoms with E-state index >= 15 is 0 Å². The molecule has 2 aromatic rings. The number of ether oxygens (including phenoxy) is 3. The van der Waals surface area contributed by atoms with E-state index in [1.165, 1.54) is 24.3 Å². The molecule has 0 fully saturated rings. The molecule has 1 aliphatic heterocycles. The minimum absolute atomic E-state index is 0.262. The van der Waals surface area contributed by atoms with Gasteiger partial charge in [0.25, 0.3) is 5.91 Å². The topological polar surface area (TPSA) is 56.8 Å². The predicted octanol–water partition coefficient (Wildman–Crippen LogP) is 2.55. The first-order valence-electron chi connectivity index (χ1n) is 7.70. The van der Waals surface area contributed by atoms with Crippen LogP contribution in [0.1, 0.15) is 6.92 Å². The molecule has 0 radical (unpaired) electrons. The van der Waals surface area contributed by atoms with Crippen molar-refractivity contribution in [3.63, 3.8) is 0 Å². The molecule has 0 saturated carbocycles. The lowest BCUT2D eigenvalue weighted by molar-refractivity contribution is -0.127. The van der Waals surface area contributed by atoms with Crippen LogP contribution < -0.4 is 19.5 Å². The van der Waals surface area contributed by atoms with Gasteiger partial charge in [0.05, 0.1) is 6.54 Å². The Balaban J connectivity index is 1.48. The lowest BCUT2D eigenvalue weighted by Gasteiger charge is -2.27. The third-order valence-electron chi connectivity index (χ3n) is 3.57. The molecule has 6 heteroatoms. The average molecular weight is 331 g/mol. The first-order valence-corrected chi connectivity index (χ1v) is 7.70. The minimum atomic E-state index is -0.702. The van der Waals surface area contributed by atoms with Gasteiger partial charge < -0.3 is 19.5 Å². The van der Waals surface area contributed by atoms with Gasteiger partial charge in [0.1, 0.15) is 24.3 Å². The maximum absolute atomic E-state index is 12.9. The van der Waals surface area contributed by atoms with Gasteiger partial charge in [-0.05, 0) is 43.3 Å². The highest BCUT2D eigenvalue weighted by atomic mass is 19.1. The van der Waals surface area contributed by atoms with E-state index in [-0.39, 0.29) is 17.8 Å². The molecule has 2 aromatic carbocycles. The monoisotopic (exact) mass is 331 g/mol. The average Bonchev–Trinajstić information content (AvgIpc) is 2.61. The molecule has 126 valence electrons. The van der Waals surface area contributed by atoms with Crippen LogP contribution in [-0.2, 0) is 4.79 Å². The van der Waals surface area contributed by atoms with Gasteiger partial charge in [-0.15, -0.1) is 0 Å². The SMILES string of the molecule is C[C@@H](Oc1ccc(F)cc1)C(=O)NC[C@H]1COc2ccccc2O1. The van der Waals surface area contributed by atoms with Gasteiger partial charge >= 0.3 is 0 Å². The summed E-state index contributed by atoms with van der Waals surface area (Å²) in [5.41, 5.74) is 0. The highest BCUT2D eigenvalue weighted by molar-refractivity contribution is 5.80. The maximum Gasteiger partial charge on any atom is 0.260 e. The van der Waals surface area contributed by atoms with Crippen molar-refractivity contribution in [3.8, 4) is 17.2 Å². The van der Waals surface area contributed by atoms with Gasteiger partial charge in [0.15, 0.2) is 17.6 Å². The van der Waals surface area contributed by atoms with Crippen LogP contribution in [0.5, 0.6) is 17.2 Å². The van der Waals surface area contributed by atoms with E-state index in [1.807, 2.05) is 24.3 Å². The molecule has 24 heavy (non-hydrogen) atoms. The van der Waals surface area contributed by atoms with Crippen molar-refractivity contribution in [2.75, 3.05) is 13.2 Å². The van der Waals surface area contributed by atoms with Crippen molar-refractivity contribution < 1.29 is 23.4 Å². The molecule has 3 rings (SSSR count). The summed E-state index contributed by atoms with van der Waals surface area (Å²) in [5.74, 6) is 1.17. The van der Waals surface area contributed by atoms with E-state index in [2.05, 4.69) is 5.32 Å². The Bertz CT molecular complexity index is 704. The molecule has 0 saturated heterocycles. The fraction of sp³-hybridized carbons (Fsp3) is 0.278. The molecular weight excluding hydrogens is 313 g/mol. The van der Waals surface area contributed by atoms with Crippen LogP contribution in [0.2, 0.25) is 0 Å². The number of halogens is 1. The molecule has 1 amide bonds. The van der Waals surface area contributed by atoms with Crippen molar-refractivity contribution in [1.29, 1.82) is 0 Å². The number of rotatable bonds is 5. The zero-order chi connectivity index (χ0) is 16.9. The minimum Gasteiger partial charge on any atom is -0.486 e. The number of hydrogen-bond acceptors (Lipinski definition) is 4. The van der Waals surface area contributed by atoms with Crippen LogP contribution in [-0.4, -0.2) is 31.3 Å². The Morgan fingerprint density at radius 3 is 2.71 bits per heavy atom. The summed E-state index contributed by atoms with van der Waals surface area (Å²) in [5, 5.41) is 2.77. The molecule has 0 spiro atoms. The van der Waals surface area contributed by atoms with E-state index in [9.17, 15) is 9.18 Å². The van der Waals surface area contributed by atoms with Gasteiger partial charge in [0.2, 0.25) is 0 Å². The molecule has 0 aromatic heterocycles. The third-order valence-corrected chi connectivity index (χ3v) is 3.57. The van der Waals surface area contributed by atoms with Gasteiger partial charge in [-0.3, -0.25) is 4.79 Å².